The lowest BCUT2D eigenvalue weighted by atomic mass is 10.8. The number of ether oxygens (including phenoxy) is 2. The minimum absolute atomic E-state index is 0.500. The molecule has 0 aliphatic carbocycles. The number of hydrogen-bond donors (Lipinski definition) is 1. The molecule has 0 unspecified atom stereocenters. The molecule has 1 aromatic heterocycles. The summed E-state index contributed by atoms with van der Waals surface area (Å²) in [5.74, 6) is 0. The third-order valence-electron chi connectivity index (χ3n) is 0.870. The summed E-state index contributed by atoms with van der Waals surface area (Å²) in [4.78, 5) is 0. The molecule has 1 saturated heterocycles. The SMILES string of the molecule is C1COCO1.c1c[nH]nn1. The molecule has 0 radical (unpaired) electrons. The largest absolute Gasteiger partial charge is 0.353 e. The molecule has 0 spiro atoms. The fourth-order valence-corrected chi connectivity index (χ4v) is 0.461. The second-order valence-electron chi connectivity index (χ2n) is 1.59. The summed E-state index contributed by atoms with van der Waals surface area (Å²) in [6, 6.07) is 0. The number of nitrogens with one attached hydrogen (secondary N) is 1. The monoisotopic (exact) mass is 143 g/mol. The topological polar surface area (TPSA) is 60.0 Å². The molecule has 1 fully saturated rings. The molecule has 1 aromatic rings. The van der Waals surface area contributed by atoms with E-state index in [1.807, 2.05) is 0 Å². The summed E-state index contributed by atoms with van der Waals surface area (Å²) < 4.78 is 9.44. The van der Waals surface area contributed by atoms with Gasteiger partial charge in [-0.25, -0.2) is 0 Å². The van der Waals surface area contributed by atoms with Crippen LogP contribution in [0.3, 0.4) is 0 Å². The molecule has 0 atom stereocenters. The first-order valence-electron chi connectivity index (χ1n) is 2.96. The highest BCUT2D eigenvalue weighted by Crippen LogP contribution is 1.85. The average Bonchev–Trinajstić information content (AvgIpc) is 2.67. The Morgan fingerprint density at radius 2 is 2.10 bits per heavy atom. The van der Waals surface area contributed by atoms with Crippen molar-refractivity contribution in [3.63, 3.8) is 0 Å². The Labute approximate surface area is 58.3 Å². The second-order valence-corrected chi connectivity index (χ2v) is 1.59. The van der Waals surface area contributed by atoms with Crippen LogP contribution in [0.5, 0.6) is 0 Å². The minimum atomic E-state index is 0.500. The van der Waals surface area contributed by atoms with E-state index in [9.17, 15) is 0 Å². The van der Waals surface area contributed by atoms with E-state index >= 15 is 0 Å². The highest BCUT2D eigenvalue weighted by atomic mass is 16.7. The van der Waals surface area contributed by atoms with Gasteiger partial charge in [0.05, 0.1) is 19.4 Å². The third-order valence-corrected chi connectivity index (χ3v) is 0.870. The highest BCUT2D eigenvalue weighted by molar-refractivity contribution is 4.54. The number of hydrogen-bond acceptors (Lipinski definition) is 4. The van der Waals surface area contributed by atoms with Gasteiger partial charge in [-0.15, -0.1) is 5.10 Å². The Morgan fingerprint density at radius 3 is 2.30 bits per heavy atom. The lowest BCUT2D eigenvalue weighted by molar-refractivity contribution is 0.0692. The molecule has 1 N–H and O–H groups in total. The van der Waals surface area contributed by atoms with Gasteiger partial charge in [-0.05, 0) is 0 Å². The molecule has 1 aliphatic heterocycles. The predicted molar refractivity (Wildman–Crippen MR) is 33.2 cm³/mol. The van der Waals surface area contributed by atoms with Crippen molar-refractivity contribution in [1.82, 2.24) is 15.4 Å². The number of aromatic nitrogens is 3. The maximum atomic E-state index is 4.72. The van der Waals surface area contributed by atoms with Crippen LogP contribution in [0.15, 0.2) is 12.4 Å². The molecular weight excluding hydrogens is 134 g/mol. The van der Waals surface area contributed by atoms with Crippen molar-refractivity contribution < 1.29 is 9.47 Å². The summed E-state index contributed by atoms with van der Waals surface area (Å²) in [6.45, 7) is 2.06. The summed E-state index contributed by atoms with van der Waals surface area (Å²) >= 11 is 0. The molecule has 56 valence electrons. The summed E-state index contributed by atoms with van der Waals surface area (Å²) in [5.41, 5.74) is 0. The van der Waals surface area contributed by atoms with Gasteiger partial charge in [0.1, 0.15) is 6.79 Å². The van der Waals surface area contributed by atoms with Crippen LogP contribution in [0.4, 0.5) is 0 Å². The lowest BCUT2D eigenvalue weighted by Crippen LogP contribution is -1.79. The highest BCUT2D eigenvalue weighted by Gasteiger charge is 1.93. The van der Waals surface area contributed by atoms with Crippen LogP contribution >= 0.6 is 0 Å². The number of aromatic amines is 1. The Bertz CT molecular complexity index is 114. The van der Waals surface area contributed by atoms with Gasteiger partial charge >= 0.3 is 0 Å². The molecule has 0 bridgehead atoms. The average molecular weight is 143 g/mol. The molecule has 0 aromatic carbocycles. The maximum Gasteiger partial charge on any atom is 0.146 e. The van der Waals surface area contributed by atoms with Gasteiger partial charge in [0.2, 0.25) is 0 Å². The Kier molecular flexibility index (Phi) is 3.51. The lowest BCUT2D eigenvalue weighted by Gasteiger charge is -1.76. The first-order chi connectivity index (χ1) is 5.00. The van der Waals surface area contributed by atoms with Crippen LogP contribution in [0.1, 0.15) is 0 Å². The summed E-state index contributed by atoms with van der Waals surface area (Å²) in [5, 5.41) is 9.26. The van der Waals surface area contributed by atoms with E-state index in [2.05, 4.69) is 15.4 Å². The van der Waals surface area contributed by atoms with Crippen molar-refractivity contribution in [2.24, 2.45) is 0 Å². The molecule has 2 heterocycles. The Hall–Kier alpha value is -0.940. The van der Waals surface area contributed by atoms with Crippen LogP contribution in [0.25, 0.3) is 0 Å². The van der Waals surface area contributed by atoms with Crippen molar-refractivity contribution in [2.45, 2.75) is 0 Å². The molecule has 10 heavy (non-hydrogen) atoms. The van der Waals surface area contributed by atoms with E-state index in [1.54, 1.807) is 12.4 Å². The van der Waals surface area contributed by atoms with E-state index < -0.39 is 0 Å². The van der Waals surface area contributed by atoms with Gasteiger partial charge in [-0.1, -0.05) is 5.21 Å². The first-order valence-corrected chi connectivity index (χ1v) is 2.96. The van der Waals surface area contributed by atoms with E-state index in [4.69, 9.17) is 9.47 Å². The van der Waals surface area contributed by atoms with Crippen LogP contribution in [0, 0.1) is 0 Å². The zero-order valence-corrected chi connectivity index (χ0v) is 5.49. The molecule has 5 nitrogen and oxygen atoms in total. The first kappa shape index (κ1) is 7.17. The van der Waals surface area contributed by atoms with Crippen LogP contribution in [-0.2, 0) is 9.47 Å². The fraction of sp³-hybridized carbons (Fsp3) is 0.600. The van der Waals surface area contributed by atoms with Crippen molar-refractivity contribution in [3.8, 4) is 0 Å². The van der Waals surface area contributed by atoms with Crippen molar-refractivity contribution in [1.29, 1.82) is 0 Å². The maximum absolute atomic E-state index is 4.72. The number of nitrogens with zero attached hydrogens (tertiary/aromatic N) is 2. The molecule has 0 saturated carbocycles. The quantitative estimate of drug-likeness (QED) is 0.546. The van der Waals surface area contributed by atoms with Crippen molar-refractivity contribution in [2.75, 3.05) is 20.0 Å². The summed E-state index contributed by atoms with van der Waals surface area (Å²) in [7, 11) is 0. The van der Waals surface area contributed by atoms with Crippen molar-refractivity contribution in [3.05, 3.63) is 12.4 Å². The Morgan fingerprint density at radius 1 is 1.30 bits per heavy atom. The molecular formula is C5H9N3O2. The molecule has 0 amide bonds. The molecule has 5 heteroatoms. The van der Waals surface area contributed by atoms with Crippen LogP contribution in [0.2, 0.25) is 0 Å². The normalized spacial score (nSPS) is 16.0. The predicted octanol–water partition coefficient (Wildman–Crippen LogP) is -0.205. The Balaban J connectivity index is 0.0000001000. The van der Waals surface area contributed by atoms with Gasteiger partial charge in [0.15, 0.2) is 0 Å². The van der Waals surface area contributed by atoms with Gasteiger partial charge in [-0.3, -0.25) is 5.10 Å². The van der Waals surface area contributed by atoms with Crippen LogP contribution in [-0.4, -0.2) is 35.4 Å². The zero-order valence-electron chi connectivity index (χ0n) is 5.49. The number of H-pyrrole nitrogens is 1. The van der Waals surface area contributed by atoms with E-state index in [0.717, 1.165) is 13.2 Å². The number of rotatable bonds is 0. The second kappa shape index (κ2) is 4.89. The van der Waals surface area contributed by atoms with E-state index in [-0.39, 0.29) is 0 Å². The summed E-state index contributed by atoms with van der Waals surface area (Å²) in [6.07, 6.45) is 3.24. The van der Waals surface area contributed by atoms with Crippen LogP contribution < -0.4 is 0 Å². The smallest absolute Gasteiger partial charge is 0.146 e. The zero-order chi connectivity index (χ0) is 7.07. The van der Waals surface area contributed by atoms with Gasteiger partial charge in [-0.2, -0.15) is 0 Å². The molecule has 2 rings (SSSR count). The van der Waals surface area contributed by atoms with Crippen molar-refractivity contribution >= 4 is 0 Å². The fourth-order valence-electron chi connectivity index (χ4n) is 0.461. The standard InChI is InChI=1S/C3H6O2.C2H3N3/c1-2-5-3-4-1;1-2-4-5-3-1/h1-3H2;1-2H,(H,3,4,5). The van der Waals surface area contributed by atoms with Gasteiger partial charge in [0.25, 0.3) is 0 Å². The van der Waals surface area contributed by atoms with Gasteiger partial charge < -0.3 is 9.47 Å². The molecule has 1 aliphatic rings. The van der Waals surface area contributed by atoms with E-state index in [1.165, 1.54) is 0 Å². The van der Waals surface area contributed by atoms with Gasteiger partial charge in [0, 0.05) is 6.20 Å². The third kappa shape index (κ3) is 3.16. The minimum Gasteiger partial charge on any atom is -0.353 e. The van der Waals surface area contributed by atoms with E-state index in [0.29, 0.717) is 6.79 Å².